The van der Waals surface area contributed by atoms with Gasteiger partial charge in [-0.2, -0.15) is 0 Å². The number of aryl methyl sites for hydroxylation is 1. The molecular formula is C31H36N4O4S. The molecule has 1 aliphatic carbocycles. The number of rotatable bonds is 7. The Bertz CT molecular complexity index is 1420. The second kappa shape index (κ2) is 10.4. The van der Waals surface area contributed by atoms with E-state index in [9.17, 15) is 9.90 Å². The first-order valence-electron chi connectivity index (χ1n) is 14.3. The van der Waals surface area contributed by atoms with Crippen LogP contribution in [0.1, 0.15) is 41.5 Å². The van der Waals surface area contributed by atoms with Crippen molar-refractivity contribution >= 4 is 22.4 Å². The van der Waals surface area contributed by atoms with Crippen molar-refractivity contribution in [3.8, 4) is 17.0 Å². The van der Waals surface area contributed by atoms with Crippen LogP contribution in [0.4, 0.5) is 5.13 Å². The molecule has 3 aromatic rings. The van der Waals surface area contributed by atoms with Gasteiger partial charge < -0.3 is 19.5 Å². The standard InChI is InChI=1S/C31H36N4O4S/c1-21-3-6-28(26(13-21)27-19-40-30(32-27)33-11-8-31(29(36)37)15-25(31)17-33)39-18-22-4-5-24-16-34(10-7-23(24)14-22)35-9-2-12-38-20-35/h3-6,13-14,19,25H,2,7-12,15-18,20H2,1H3,(H,36,37)/t25-,31+/m0/s1. The molecule has 3 fully saturated rings. The summed E-state index contributed by atoms with van der Waals surface area (Å²) in [5.74, 6) is 0.441. The van der Waals surface area contributed by atoms with Gasteiger partial charge in [0.15, 0.2) is 5.13 Å². The molecule has 1 saturated carbocycles. The molecular weight excluding hydrogens is 524 g/mol. The van der Waals surface area contributed by atoms with Crippen LogP contribution in [0.15, 0.2) is 41.8 Å². The van der Waals surface area contributed by atoms with E-state index < -0.39 is 11.4 Å². The second-order valence-electron chi connectivity index (χ2n) is 11.7. The van der Waals surface area contributed by atoms with Crippen LogP contribution in [0.2, 0.25) is 0 Å². The Hall–Kier alpha value is -2.98. The number of hydrogen-bond donors (Lipinski definition) is 1. The van der Waals surface area contributed by atoms with Crippen LogP contribution in [-0.2, 0) is 29.1 Å². The first kappa shape index (κ1) is 26.0. The fourth-order valence-electron chi connectivity index (χ4n) is 6.55. The predicted octanol–water partition coefficient (Wildman–Crippen LogP) is 4.95. The third-order valence-electron chi connectivity index (χ3n) is 9.10. The van der Waals surface area contributed by atoms with Gasteiger partial charge >= 0.3 is 5.97 Å². The normalized spacial score (nSPS) is 24.8. The van der Waals surface area contributed by atoms with Crippen LogP contribution in [-0.4, -0.2) is 65.6 Å². The van der Waals surface area contributed by atoms with E-state index in [1.807, 2.05) is 6.07 Å². The van der Waals surface area contributed by atoms with Crippen molar-refractivity contribution < 1.29 is 19.4 Å². The number of carbonyl (C=O) groups is 1. The molecule has 4 aliphatic rings. The molecule has 2 saturated heterocycles. The molecule has 0 unspecified atom stereocenters. The fraction of sp³-hybridized carbons (Fsp3) is 0.484. The molecule has 0 bridgehead atoms. The molecule has 2 atom stereocenters. The van der Waals surface area contributed by atoms with Gasteiger partial charge in [0.05, 0.1) is 11.1 Å². The lowest BCUT2D eigenvalue weighted by atomic mass is 9.96. The van der Waals surface area contributed by atoms with Gasteiger partial charge in [-0.25, -0.2) is 15.0 Å². The summed E-state index contributed by atoms with van der Waals surface area (Å²) in [7, 11) is 0. The lowest BCUT2D eigenvalue weighted by molar-refractivity contribution is -0.144. The molecule has 0 amide bonds. The number of ether oxygens (including phenoxy) is 2. The number of hydrogen-bond acceptors (Lipinski definition) is 8. The molecule has 9 heteroatoms. The Morgan fingerprint density at radius 1 is 1.18 bits per heavy atom. The summed E-state index contributed by atoms with van der Waals surface area (Å²) in [4.78, 5) is 18.9. The molecule has 1 aromatic heterocycles. The lowest BCUT2D eigenvalue weighted by Crippen LogP contribution is -2.48. The zero-order valence-electron chi connectivity index (χ0n) is 23.0. The Labute approximate surface area is 239 Å². The first-order chi connectivity index (χ1) is 19.5. The van der Waals surface area contributed by atoms with E-state index in [1.165, 1.54) is 16.7 Å². The van der Waals surface area contributed by atoms with Gasteiger partial charge in [0.25, 0.3) is 0 Å². The highest BCUT2D eigenvalue weighted by Crippen LogP contribution is 2.58. The van der Waals surface area contributed by atoms with E-state index in [0.717, 1.165) is 86.3 Å². The highest BCUT2D eigenvalue weighted by molar-refractivity contribution is 7.14. The molecule has 1 N–H and O–H groups in total. The molecule has 8 nitrogen and oxygen atoms in total. The van der Waals surface area contributed by atoms with Crippen molar-refractivity contribution in [2.24, 2.45) is 11.3 Å². The quantitative estimate of drug-likeness (QED) is 0.435. The van der Waals surface area contributed by atoms with Gasteiger partial charge in [-0.05, 0) is 67.3 Å². The first-order valence-corrected chi connectivity index (χ1v) is 15.2. The predicted molar refractivity (Wildman–Crippen MR) is 154 cm³/mol. The minimum absolute atomic E-state index is 0.238. The molecule has 7 rings (SSSR count). The fourth-order valence-corrected chi connectivity index (χ4v) is 7.42. The van der Waals surface area contributed by atoms with E-state index in [2.05, 4.69) is 57.6 Å². The third kappa shape index (κ3) is 4.89. The molecule has 0 radical (unpaired) electrons. The van der Waals surface area contributed by atoms with E-state index >= 15 is 0 Å². The molecule has 3 aliphatic heterocycles. The highest BCUT2D eigenvalue weighted by atomic mass is 32.1. The molecule has 40 heavy (non-hydrogen) atoms. The monoisotopic (exact) mass is 560 g/mol. The van der Waals surface area contributed by atoms with Gasteiger partial charge in [0.1, 0.15) is 19.1 Å². The average molecular weight is 561 g/mol. The van der Waals surface area contributed by atoms with E-state index in [4.69, 9.17) is 14.5 Å². The van der Waals surface area contributed by atoms with Crippen LogP contribution in [0.5, 0.6) is 5.75 Å². The summed E-state index contributed by atoms with van der Waals surface area (Å²) in [6.45, 7) is 8.71. The molecule has 210 valence electrons. The highest BCUT2D eigenvalue weighted by Gasteiger charge is 2.62. The average Bonchev–Trinajstić information content (AvgIpc) is 3.54. The van der Waals surface area contributed by atoms with Crippen LogP contribution in [0.3, 0.4) is 0 Å². The van der Waals surface area contributed by atoms with Gasteiger partial charge in [-0.3, -0.25) is 4.79 Å². The zero-order valence-corrected chi connectivity index (χ0v) is 23.8. The van der Waals surface area contributed by atoms with Crippen LogP contribution < -0.4 is 9.64 Å². The smallest absolute Gasteiger partial charge is 0.310 e. The molecule has 4 heterocycles. The van der Waals surface area contributed by atoms with Crippen molar-refractivity contribution in [2.75, 3.05) is 44.4 Å². The minimum Gasteiger partial charge on any atom is -0.488 e. The summed E-state index contributed by atoms with van der Waals surface area (Å²) < 4.78 is 12.1. The van der Waals surface area contributed by atoms with Crippen molar-refractivity contribution in [3.05, 3.63) is 64.0 Å². The van der Waals surface area contributed by atoms with Crippen molar-refractivity contribution in [1.29, 1.82) is 0 Å². The maximum atomic E-state index is 11.7. The number of anilines is 1. The number of aromatic nitrogens is 1. The van der Waals surface area contributed by atoms with Gasteiger partial charge in [0, 0.05) is 50.3 Å². The van der Waals surface area contributed by atoms with Gasteiger partial charge in [-0.15, -0.1) is 11.3 Å². The Balaban J connectivity index is 1.03. The zero-order chi connectivity index (χ0) is 27.3. The van der Waals surface area contributed by atoms with Gasteiger partial charge in [0.2, 0.25) is 0 Å². The largest absolute Gasteiger partial charge is 0.488 e. The summed E-state index contributed by atoms with van der Waals surface area (Å²) >= 11 is 1.63. The SMILES string of the molecule is Cc1ccc(OCc2ccc3c(c2)CCN(N2CCCOC2)C3)c(-c2csc(N3CC[C@@]4(C(=O)O)C[C@H]4C3)n2)c1. The van der Waals surface area contributed by atoms with Crippen molar-refractivity contribution in [3.63, 3.8) is 0 Å². The molecule has 0 spiro atoms. The number of hydrazine groups is 1. The number of benzene rings is 2. The second-order valence-corrected chi connectivity index (χ2v) is 12.6. The maximum absolute atomic E-state index is 11.7. The Morgan fingerprint density at radius 3 is 2.92 bits per heavy atom. The number of carboxylic acids is 1. The maximum Gasteiger partial charge on any atom is 0.310 e. The minimum atomic E-state index is -0.632. The summed E-state index contributed by atoms with van der Waals surface area (Å²) in [5, 5.41) is 17.4. The number of nitrogens with zero attached hydrogens (tertiary/aromatic N) is 4. The van der Waals surface area contributed by atoms with Crippen LogP contribution >= 0.6 is 11.3 Å². The van der Waals surface area contributed by atoms with E-state index in [-0.39, 0.29) is 5.92 Å². The van der Waals surface area contributed by atoms with Crippen molar-refractivity contribution in [1.82, 2.24) is 15.0 Å². The number of fused-ring (bicyclic) bond motifs is 2. The number of thiazole rings is 1. The number of aliphatic carboxylic acids is 1. The van der Waals surface area contributed by atoms with E-state index in [0.29, 0.717) is 19.8 Å². The van der Waals surface area contributed by atoms with Crippen LogP contribution in [0, 0.1) is 18.3 Å². The lowest BCUT2D eigenvalue weighted by Gasteiger charge is -2.39. The third-order valence-corrected chi connectivity index (χ3v) is 10.0. The van der Waals surface area contributed by atoms with E-state index in [1.54, 1.807) is 11.3 Å². The van der Waals surface area contributed by atoms with Gasteiger partial charge in [-0.1, -0.05) is 29.8 Å². The van der Waals surface area contributed by atoms with Crippen molar-refractivity contribution in [2.45, 2.75) is 45.8 Å². The summed E-state index contributed by atoms with van der Waals surface area (Å²) in [5.41, 5.74) is 6.57. The Morgan fingerprint density at radius 2 is 2.10 bits per heavy atom. The number of carboxylic acid groups (broad SMARTS) is 1. The summed E-state index contributed by atoms with van der Waals surface area (Å²) in [6, 6.07) is 13.0. The summed E-state index contributed by atoms with van der Waals surface area (Å²) in [6.07, 6.45) is 3.62. The number of piperidine rings is 1. The topological polar surface area (TPSA) is 78.4 Å². The Kier molecular flexibility index (Phi) is 6.78. The molecule has 2 aromatic carbocycles. The van der Waals surface area contributed by atoms with Crippen LogP contribution in [0.25, 0.3) is 11.3 Å².